The fraction of sp³-hybridized carbons (Fsp3) is 0.706. The molecule has 0 aromatic carbocycles. The first-order valence-corrected chi connectivity index (χ1v) is 8.32. The molecule has 0 saturated carbocycles. The minimum Gasteiger partial charge on any atom is -0.357 e. The fourth-order valence-corrected chi connectivity index (χ4v) is 2.98. The molecule has 132 valence electrons. The van der Waals surface area contributed by atoms with Crippen LogP contribution in [0, 0.1) is 0 Å². The lowest BCUT2D eigenvalue weighted by Crippen LogP contribution is -2.54. The second kappa shape index (κ2) is 9.52. The summed E-state index contributed by atoms with van der Waals surface area (Å²) in [7, 11) is 3.87. The van der Waals surface area contributed by atoms with E-state index in [9.17, 15) is 0 Å². The van der Waals surface area contributed by atoms with Gasteiger partial charge in [-0.25, -0.2) is 0 Å². The predicted octanol–water partition coefficient (Wildman–Crippen LogP) is 2.57. The molecule has 1 aliphatic rings. The second-order valence-corrected chi connectivity index (χ2v) is 6.82. The second-order valence-electron chi connectivity index (χ2n) is 6.82. The fourth-order valence-electron chi connectivity index (χ4n) is 2.98. The molecular weight excluding hydrogens is 401 g/mol. The maximum absolute atomic E-state index is 4.33. The van der Waals surface area contributed by atoms with Gasteiger partial charge in [0.05, 0.1) is 0 Å². The Morgan fingerprint density at radius 2 is 1.91 bits per heavy atom. The van der Waals surface area contributed by atoms with E-state index in [2.05, 4.69) is 57.4 Å². The summed E-state index contributed by atoms with van der Waals surface area (Å²) in [6.45, 7) is 8.76. The highest BCUT2D eigenvalue weighted by Crippen LogP contribution is 2.19. The monoisotopic (exact) mass is 433 g/mol. The molecule has 23 heavy (non-hydrogen) atoms. The number of likely N-dealkylation sites (tertiary alicyclic amines) is 1. The van der Waals surface area contributed by atoms with Crippen LogP contribution >= 0.6 is 24.0 Å². The van der Waals surface area contributed by atoms with Crippen molar-refractivity contribution in [3.8, 4) is 0 Å². The van der Waals surface area contributed by atoms with E-state index in [1.807, 2.05) is 14.1 Å². The summed E-state index contributed by atoms with van der Waals surface area (Å²) in [5.74, 6) is 0.869. The van der Waals surface area contributed by atoms with E-state index >= 15 is 0 Å². The standard InChI is InChI=1S/C17H31N5.HI/c1-17(2,22-9-6-5-7-10-22)14-20-16(18-3)19-12-15-8-11-21(4)13-15;/h8,11,13H,5-7,9-10,12,14H2,1-4H3,(H2,18,19,20);1H. The van der Waals surface area contributed by atoms with Crippen molar-refractivity contribution in [3.05, 3.63) is 24.0 Å². The smallest absolute Gasteiger partial charge is 0.191 e. The van der Waals surface area contributed by atoms with E-state index in [0.29, 0.717) is 0 Å². The Hall–Kier alpha value is -0.760. The summed E-state index contributed by atoms with van der Waals surface area (Å²) in [5, 5.41) is 6.86. The number of rotatable bonds is 5. The van der Waals surface area contributed by atoms with E-state index in [0.717, 1.165) is 19.0 Å². The number of piperidine rings is 1. The number of aryl methyl sites for hydroxylation is 1. The lowest BCUT2D eigenvalue weighted by Gasteiger charge is -2.41. The maximum atomic E-state index is 4.33. The van der Waals surface area contributed by atoms with Gasteiger partial charge in [0.25, 0.3) is 0 Å². The topological polar surface area (TPSA) is 44.6 Å². The Balaban J connectivity index is 0.00000264. The molecule has 0 amide bonds. The minimum absolute atomic E-state index is 0. The van der Waals surface area contributed by atoms with Crippen LogP contribution in [0.1, 0.15) is 38.7 Å². The highest BCUT2D eigenvalue weighted by atomic mass is 127. The summed E-state index contributed by atoms with van der Waals surface area (Å²) >= 11 is 0. The van der Waals surface area contributed by atoms with E-state index in [1.165, 1.54) is 37.9 Å². The Bertz CT molecular complexity index is 489. The van der Waals surface area contributed by atoms with Crippen LogP contribution < -0.4 is 10.6 Å². The molecule has 0 bridgehead atoms. The summed E-state index contributed by atoms with van der Waals surface area (Å²) in [6, 6.07) is 2.12. The van der Waals surface area contributed by atoms with Crippen molar-refractivity contribution in [1.82, 2.24) is 20.1 Å². The van der Waals surface area contributed by atoms with E-state index in [1.54, 1.807) is 0 Å². The Morgan fingerprint density at radius 1 is 1.22 bits per heavy atom. The Labute approximate surface area is 157 Å². The van der Waals surface area contributed by atoms with Crippen LogP contribution in [0.2, 0.25) is 0 Å². The minimum atomic E-state index is 0. The van der Waals surface area contributed by atoms with Gasteiger partial charge in [-0.05, 0) is 51.4 Å². The highest BCUT2D eigenvalue weighted by Gasteiger charge is 2.27. The first-order chi connectivity index (χ1) is 10.5. The number of nitrogens with zero attached hydrogens (tertiary/aromatic N) is 3. The lowest BCUT2D eigenvalue weighted by molar-refractivity contribution is 0.0982. The van der Waals surface area contributed by atoms with Crippen molar-refractivity contribution in [3.63, 3.8) is 0 Å². The van der Waals surface area contributed by atoms with Gasteiger partial charge in [0.2, 0.25) is 0 Å². The van der Waals surface area contributed by atoms with E-state index in [-0.39, 0.29) is 29.5 Å². The third-order valence-electron chi connectivity index (χ3n) is 4.48. The van der Waals surface area contributed by atoms with Gasteiger partial charge in [0, 0.05) is 45.1 Å². The molecule has 1 fully saturated rings. The molecule has 0 aliphatic carbocycles. The lowest BCUT2D eigenvalue weighted by atomic mass is 9.98. The zero-order valence-electron chi connectivity index (χ0n) is 14.9. The van der Waals surface area contributed by atoms with Gasteiger partial charge in [0.1, 0.15) is 0 Å². The van der Waals surface area contributed by atoms with Crippen molar-refractivity contribution in [1.29, 1.82) is 0 Å². The van der Waals surface area contributed by atoms with Crippen molar-refractivity contribution in [2.75, 3.05) is 26.7 Å². The highest BCUT2D eigenvalue weighted by molar-refractivity contribution is 14.0. The number of hydrogen-bond acceptors (Lipinski definition) is 2. The predicted molar refractivity (Wildman–Crippen MR) is 109 cm³/mol. The molecule has 5 nitrogen and oxygen atoms in total. The zero-order chi connectivity index (χ0) is 16.0. The molecule has 0 atom stereocenters. The van der Waals surface area contributed by atoms with Crippen LogP contribution in [0.25, 0.3) is 0 Å². The Morgan fingerprint density at radius 3 is 2.48 bits per heavy atom. The van der Waals surface area contributed by atoms with E-state index < -0.39 is 0 Å². The van der Waals surface area contributed by atoms with Crippen LogP contribution in [0.4, 0.5) is 0 Å². The van der Waals surface area contributed by atoms with Crippen LogP contribution in [0.3, 0.4) is 0 Å². The summed E-state index contributed by atoms with van der Waals surface area (Å²) in [6.07, 6.45) is 8.21. The van der Waals surface area contributed by atoms with Crippen molar-refractivity contribution in [2.24, 2.45) is 12.0 Å². The van der Waals surface area contributed by atoms with Crippen LogP contribution in [0.5, 0.6) is 0 Å². The number of halogens is 1. The molecule has 2 heterocycles. The molecule has 1 aromatic heterocycles. The number of aliphatic imine (C=N–C) groups is 1. The first kappa shape index (κ1) is 20.3. The van der Waals surface area contributed by atoms with Crippen LogP contribution in [-0.2, 0) is 13.6 Å². The number of guanidine groups is 1. The first-order valence-electron chi connectivity index (χ1n) is 8.32. The average Bonchev–Trinajstić information content (AvgIpc) is 2.94. The zero-order valence-corrected chi connectivity index (χ0v) is 17.3. The molecule has 1 aliphatic heterocycles. The van der Waals surface area contributed by atoms with Crippen molar-refractivity contribution < 1.29 is 0 Å². The van der Waals surface area contributed by atoms with Gasteiger partial charge in [-0.15, -0.1) is 24.0 Å². The van der Waals surface area contributed by atoms with Crippen molar-refractivity contribution >= 4 is 29.9 Å². The quantitative estimate of drug-likeness (QED) is 0.426. The Kier molecular flexibility index (Phi) is 8.39. The van der Waals surface area contributed by atoms with Gasteiger partial charge in [-0.3, -0.25) is 9.89 Å². The summed E-state index contributed by atoms with van der Waals surface area (Å²) in [5.41, 5.74) is 1.42. The van der Waals surface area contributed by atoms with Gasteiger partial charge in [-0.2, -0.15) is 0 Å². The van der Waals surface area contributed by atoms with Crippen LogP contribution in [0.15, 0.2) is 23.5 Å². The average molecular weight is 433 g/mol. The summed E-state index contributed by atoms with van der Waals surface area (Å²) in [4.78, 5) is 6.92. The third-order valence-corrected chi connectivity index (χ3v) is 4.48. The molecule has 2 N–H and O–H groups in total. The number of nitrogens with one attached hydrogen (secondary N) is 2. The molecule has 1 aromatic rings. The largest absolute Gasteiger partial charge is 0.357 e. The van der Waals surface area contributed by atoms with E-state index in [4.69, 9.17) is 0 Å². The van der Waals surface area contributed by atoms with Gasteiger partial charge in [0.15, 0.2) is 5.96 Å². The molecule has 0 unspecified atom stereocenters. The number of aromatic nitrogens is 1. The molecule has 6 heteroatoms. The molecule has 0 radical (unpaired) electrons. The summed E-state index contributed by atoms with van der Waals surface area (Å²) < 4.78 is 2.06. The molecule has 0 spiro atoms. The molecule has 2 rings (SSSR count). The van der Waals surface area contributed by atoms with Gasteiger partial charge >= 0.3 is 0 Å². The van der Waals surface area contributed by atoms with Crippen LogP contribution in [-0.4, -0.2) is 47.6 Å². The molecular formula is C17H32IN5. The SMILES string of the molecule is CN=C(NCc1ccn(C)c1)NCC(C)(C)N1CCCCC1.I. The van der Waals surface area contributed by atoms with Gasteiger partial charge in [-0.1, -0.05) is 6.42 Å². The van der Waals surface area contributed by atoms with Crippen molar-refractivity contribution in [2.45, 2.75) is 45.2 Å². The van der Waals surface area contributed by atoms with Gasteiger partial charge < -0.3 is 15.2 Å². The third kappa shape index (κ3) is 6.33. The molecule has 1 saturated heterocycles. The maximum Gasteiger partial charge on any atom is 0.191 e. The number of hydrogen-bond donors (Lipinski definition) is 2. The normalized spacial score (nSPS) is 16.8.